The maximum Gasteiger partial charge on any atom is 0.270 e. The van der Waals surface area contributed by atoms with Crippen LogP contribution in [0.3, 0.4) is 0 Å². The van der Waals surface area contributed by atoms with Crippen molar-refractivity contribution in [3.63, 3.8) is 0 Å². The summed E-state index contributed by atoms with van der Waals surface area (Å²) in [5, 5.41) is 0.983. The maximum atomic E-state index is 13.0. The number of aryl methyl sites for hydroxylation is 1. The summed E-state index contributed by atoms with van der Waals surface area (Å²) in [4.78, 5) is 14.8. The Kier molecular flexibility index (Phi) is 4.77. The molecule has 1 fully saturated rings. The van der Waals surface area contributed by atoms with Gasteiger partial charge in [0.2, 0.25) is 0 Å². The molecule has 2 aromatic rings. The minimum absolute atomic E-state index is 0.0162. The van der Waals surface area contributed by atoms with Gasteiger partial charge in [-0.3, -0.25) is 4.79 Å². The van der Waals surface area contributed by atoms with Gasteiger partial charge in [-0.1, -0.05) is 0 Å². The van der Waals surface area contributed by atoms with Gasteiger partial charge in [0.1, 0.15) is 21.3 Å². The predicted octanol–water partition coefficient (Wildman–Crippen LogP) is 2.08. The molecule has 1 atom stereocenters. The number of carbonyl (C=O) groups is 1. The molecule has 0 N–H and O–H groups in total. The van der Waals surface area contributed by atoms with E-state index in [9.17, 15) is 13.2 Å². The molecule has 1 unspecified atom stereocenters. The second-order valence-corrected chi connectivity index (χ2v) is 9.05. The van der Waals surface area contributed by atoms with Crippen LogP contribution in [0.1, 0.15) is 23.3 Å². The summed E-state index contributed by atoms with van der Waals surface area (Å²) in [6.45, 7) is 1.17. The Bertz CT molecular complexity index is 901. The molecule has 0 saturated carbocycles. The summed E-state index contributed by atoms with van der Waals surface area (Å²) < 4.78 is 30.3. The first kappa shape index (κ1) is 17.8. The summed E-state index contributed by atoms with van der Waals surface area (Å²) in [5.41, 5.74) is 1.55. The molecule has 0 radical (unpaired) electrons. The lowest BCUT2D eigenvalue weighted by molar-refractivity contribution is 0.0675. The van der Waals surface area contributed by atoms with Gasteiger partial charge >= 0.3 is 0 Å². The summed E-state index contributed by atoms with van der Waals surface area (Å²) in [6.07, 6.45) is 2.94. The number of rotatable bonds is 4. The Morgan fingerprint density at radius 1 is 1.32 bits per heavy atom. The van der Waals surface area contributed by atoms with E-state index < -0.39 is 9.84 Å². The lowest BCUT2D eigenvalue weighted by Crippen LogP contribution is -2.42. The molecule has 1 saturated heterocycles. The molecule has 1 amide bonds. The van der Waals surface area contributed by atoms with E-state index >= 15 is 0 Å². The zero-order valence-corrected chi connectivity index (χ0v) is 15.7. The SMILES string of the molecule is COc1ccc2cc(C(=O)N3CCCC(CS(C)(=O)=O)C3)n(C)c2c1. The molecule has 0 spiro atoms. The quantitative estimate of drug-likeness (QED) is 0.833. The third-order valence-electron chi connectivity index (χ3n) is 4.82. The van der Waals surface area contributed by atoms with Crippen molar-refractivity contribution in [1.29, 1.82) is 0 Å². The molecular formula is C18H24N2O4S. The third kappa shape index (κ3) is 3.81. The molecule has 0 bridgehead atoms. The lowest BCUT2D eigenvalue weighted by atomic mass is 10.00. The molecule has 6 nitrogen and oxygen atoms in total. The van der Waals surface area contributed by atoms with E-state index in [0.717, 1.165) is 29.5 Å². The Balaban J connectivity index is 1.85. The summed E-state index contributed by atoms with van der Waals surface area (Å²) in [5.74, 6) is 0.862. The maximum absolute atomic E-state index is 13.0. The van der Waals surface area contributed by atoms with Gasteiger partial charge in [0.05, 0.1) is 18.4 Å². The van der Waals surface area contributed by atoms with Gasteiger partial charge in [0.15, 0.2) is 0 Å². The van der Waals surface area contributed by atoms with Crippen LogP contribution >= 0.6 is 0 Å². The number of benzene rings is 1. The fourth-order valence-corrected chi connectivity index (χ4v) is 4.75. The van der Waals surface area contributed by atoms with Gasteiger partial charge in [-0.15, -0.1) is 0 Å². The molecule has 1 aromatic heterocycles. The fourth-order valence-electron chi connectivity index (χ4n) is 3.62. The first-order chi connectivity index (χ1) is 11.8. The Hall–Kier alpha value is -2.02. The number of carbonyl (C=O) groups excluding carboxylic acids is 1. The van der Waals surface area contributed by atoms with Gasteiger partial charge in [0.25, 0.3) is 5.91 Å². The molecule has 7 heteroatoms. The van der Waals surface area contributed by atoms with Gasteiger partial charge < -0.3 is 14.2 Å². The number of fused-ring (bicyclic) bond motifs is 1. The van der Waals surface area contributed by atoms with Crippen molar-refractivity contribution < 1.29 is 17.9 Å². The summed E-state index contributed by atoms with van der Waals surface area (Å²) >= 11 is 0. The number of hydrogen-bond acceptors (Lipinski definition) is 4. The van der Waals surface area contributed by atoms with Gasteiger partial charge in [-0.05, 0) is 37.0 Å². The molecule has 1 aliphatic rings. The average Bonchev–Trinajstić information content (AvgIpc) is 2.89. The summed E-state index contributed by atoms with van der Waals surface area (Å²) in [7, 11) is 0.454. The van der Waals surface area contributed by atoms with Crippen LogP contribution in [0.2, 0.25) is 0 Å². The van der Waals surface area contributed by atoms with Crippen molar-refractivity contribution in [2.45, 2.75) is 12.8 Å². The van der Waals surface area contributed by atoms with Crippen molar-refractivity contribution in [2.24, 2.45) is 13.0 Å². The minimum Gasteiger partial charge on any atom is -0.497 e. The van der Waals surface area contributed by atoms with E-state index in [4.69, 9.17) is 4.74 Å². The molecule has 2 heterocycles. The number of likely N-dealkylation sites (tertiary alicyclic amines) is 1. The number of ether oxygens (including phenoxy) is 1. The van der Waals surface area contributed by atoms with Crippen LogP contribution in [0.5, 0.6) is 5.75 Å². The highest BCUT2D eigenvalue weighted by atomic mass is 32.2. The highest BCUT2D eigenvalue weighted by Gasteiger charge is 2.28. The van der Waals surface area contributed by atoms with Crippen molar-refractivity contribution in [3.8, 4) is 5.75 Å². The minimum atomic E-state index is -3.03. The molecule has 25 heavy (non-hydrogen) atoms. The third-order valence-corrected chi connectivity index (χ3v) is 5.89. The highest BCUT2D eigenvalue weighted by Crippen LogP contribution is 2.26. The van der Waals surface area contributed by atoms with E-state index in [-0.39, 0.29) is 17.6 Å². The Morgan fingerprint density at radius 2 is 2.08 bits per heavy atom. The molecule has 1 aliphatic heterocycles. The summed E-state index contributed by atoms with van der Waals surface area (Å²) in [6, 6.07) is 7.61. The van der Waals surface area contributed by atoms with Gasteiger partial charge in [-0.2, -0.15) is 0 Å². The van der Waals surface area contributed by atoms with E-state index in [2.05, 4.69) is 0 Å². The second kappa shape index (κ2) is 6.71. The predicted molar refractivity (Wildman–Crippen MR) is 97.8 cm³/mol. The Labute approximate surface area is 148 Å². The number of aromatic nitrogens is 1. The second-order valence-electron chi connectivity index (χ2n) is 6.87. The Morgan fingerprint density at radius 3 is 2.76 bits per heavy atom. The zero-order chi connectivity index (χ0) is 18.2. The number of piperidine rings is 1. The van der Waals surface area contributed by atoms with Crippen LogP contribution in [-0.4, -0.2) is 56.0 Å². The monoisotopic (exact) mass is 364 g/mol. The van der Waals surface area contributed by atoms with E-state index in [1.54, 1.807) is 12.0 Å². The van der Waals surface area contributed by atoms with Crippen molar-refractivity contribution >= 4 is 26.6 Å². The number of sulfone groups is 1. The van der Waals surface area contributed by atoms with Crippen LogP contribution in [0, 0.1) is 5.92 Å². The van der Waals surface area contributed by atoms with E-state index in [0.29, 0.717) is 18.8 Å². The van der Waals surface area contributed by atoms with Crippen molar-refractivity contribution in [1.82, 2.24) is 9.47 Å². The largest absolute Gasteiger partial charge is 0.497 e. The zero-order valence-electron chi connectivity index (χ0n) is 14.9. The molecule has 136 valence electrons. The standard InChI is InChI=1S/C18H24N2O4S/c1-19-16-10-15(24-2)7-6-14(16)9-17(19)18(21)20-8-4-5-13(11-20)12-25(3,22)23/h6-7,9-10,13H,4-5,8,11-12H2,1-3H3. The smallest absolute Gasteiger partial charge is 0.270 e. The molecule has 0 aliphatic carbocycles. The average molecular weight is 364 g/mol. The number of amides is 1. The van der Waals surface area contributed by atoms with Crippen LogP contribution in [0.15, 0.2) is 24.3 Å². The lowest BCUT2D eigenvalue weighted by Gasteiger charge is -2.32. The van der Waals surface area contributed by atoms with Crippen LogP contribution in [-0.2, 0) is 16.9 Å². The van der Waals surface area contributed by atoms with Crippen LogP contribution in [0.4, 0.5) is 0 Å². The first-order valence-electron chi connectivity index (χ1n) is 8.39. The normalized spacial score (nSPS) is 18.5. The molecule has 1 aromatic carbocycles. The van der Waals surface area contributed by atoms with Gasteiger partial charge in [0, 0.05) is 37.8 Å². The van der Waals surface area contributed by atoms with Crippen molar-refractivity contribution in [2.75, 3.05) is 32.2 Å². The topological polar surface area (TPSA) is 68.6 Å². The van der Waals surface area contributed by atoms with Crippen molar-refractivity contribution in [3.05, 3.63) is 30.0 Å². The van der Waals surface area contributed by atoms with E-state index in [1.807, 2.05) is 35.9 Å². The number of nitrogens with zero attached hydrogens (tertiary/aromatic N) is 2. The number of hydrogen-bond donors (Lipinski definition) is 0. The van der Waals surface area contributed by atoms with Crippen LogP contribution in [0.25, 0.3) is 10.9 Å². The molecule has 3 rings (SSSR count). The van der Waals surface area contributed by atoms with Gasteiger partial charge in [-0.25, -0.2) is 8.42 Å². The highest BCUT2D eigenvalue weighted by molar-refractivity contribution is 7.90. The fraction of sp³-hybridized carbons (Fsp3) is 0.500. The number of methoxy groups -OCH3 is 1. The van der Waals surface area contributed by atoms with E-state index in [1.165, 1.54) is 6.26 Å². The van der Waals surface area contributed by atoms with Crippen LogP contribution < -0.4 is 4.74 Å². The molecular weight excluding hydrogens is 340 g/mol. The first-order valence-corrected chi connectivity index (χ1v) is 10.4.